The number of nitrogens with zero attached hydrogens (tertiary/aromatic N) is 1. The number of anilines is 2. The lowest BCUT2D eigenvalue weighted by Crippen LogP contribution is -2.36. The summed E-state index contributed by atoms with van der Waals surface area (Å²) in [5.41, 5.74) is 3.95. The van der Waals surface area contributed by atoms with Gasteiger partial charge in [0.15, 0.2) is 0 Å². The van der Waals surface area contributed by atoms with E-state index in [0.717, 1.165) is 0 Å². The van der Waals surface area contributed by atoms with E-state index in [0.29, 0.717) is 16.9 Å². The molecule has 0 spiro atoms. The van der Waals surface area contributed by atoms with E-state index < -0.39 is 11.6 Å². The van der Waals surface area contributed by atoms with Crippen molar-refractivity contribution in [2.24, 2.45) is 0 Å². The molecule has 5 heteroatoms. The minimum atomic E-state index is -0.473. The highest BCUT2D eigenvalue weighted by molar-refractivity contribution is 6.07. The summed E-state index contributed by atoms with van der Waals surface area (Å²) in [5, 5.41) is 1.19. The van der Waals surface area contributed by atoms with Crippen molar-refractivity contribution in [3.05, 3.63) is 96.1 Å². The highest BCUT2D eigenvalue weighted by Gasteiger charge is 2.18. The average Bonchev–Trinajstić information content (AvgIpc) is 2.60. The fourth-order valence-electron chi connectivity index (χ4n) is 2.24. The zero-order chi connectivity index (χ0) is 16.9. The van der Waals surface area contributed by atoms with Gasteiger partial charge in [-0.2, -0.15) is 0 Å². The molecule has 0 saturated heterocycles. The van der Waals surface area contributed by atoms with Crippen molar-refractivity contribution in [2.75, 3.05) is 10.4 Å². The van der Waals surface area contributed by atoms with Crippen LogP contribution < -0.4 is 10.4 Å². The predicted octanol–water partition coefficient (Wildman–Crippen LogP) is 4.64. The van der Waals surface area contributed by atoms with Crippen LogP contribution in [0.2, 0.25) is 0 Å². The zero-order valence-corrected chi connectivity index (χ0v) is 12.6. The zero-order valence-electron chi connectivity index (χ0n) is 12.6. The van der Waals surface area contributed by atoms with Crippen LogP contribution in [0.5, 0.6) is 0 Å². The number of nitrogens with one attached hydrogen (secondary N) is 1. The van der Waals surface area contributed by atoms with Crippen molar-refractivity contribution in [1.29, 1.82) is 0 Å². The predicted molar refractivity (Wildman–Crippen MR) is 89.7 cm³/mol. The molecule has 0 fully saturated rings. The number of carbonyl (C=O) groups is 1. The van der Waals surface area contributed by atoms with Gasteiger partial charge in [-0.3, -0.25) is 10.2 Å². The molecule has 0 radical (unpaired) electrons. The number of hydrazine groups is 1. The molecule has 0 aliphatic rings. The maximum atomic E-state index is 13.6. The number of amides is 1. The summed E-state index contributed by atoms with van der Waals surface area (Å²) in [6.45, 7) is 0. The lowest BCUT2D eigenvalue weighted by atomic mass is 10.2. The van der Waals surface area contributed by atoms with E-state index >= 15 is 0 Å². The third-order valence-corrected chi connectivity index (χ3v) is 3.36. The second-order valence-electron chi connectivity index (χ2n) is 5.11. The van der Waals surface area contributed by atoms with E-state index in [1.807, 2.05) is 0 Å². The number of carbonyl (C=O) groups excluding carboxylic acids is 1. The molecule has 24 heavy (non-hydrogen) atoms. The van der Waals surface area contributed by atoms with Crippen LogP contribution in [0.3, 0.4) is 0 Å². The van der Waals surface area contributed by atoms with Crippen molar-refractivity contribution in [2.45, 2.75) is 0 Å². The van der Waals surface area contributed by atoms with Gasteiger partial charge in [0.1, 0.15) is 11.6 Å². The van der Waals surface area contributed by atoms with Gasteiger partial charge in [0.2, 0.25) is 0 Å². The van der Waals surface area contributed by atoms with Gasteiger partial charge in [0, 0.05) is 5.56 Å². The van der Waals surface area contributed by atoms with Crippen LogP contribution in [-0.2, 0) is 0 Å². The van der Waals surface area contributed by atoms with Gasteiger partial charge in [-0.25, -0.2) is 13.8 Å². The Morgan fingerprint density at radius 2 is 1.46 bits per heavy atom. The molecular weight excluding hydrogens is 310 g/mol. The first-order valence-corrected chi connectivity index (χ1v) is 7.31. The molecule has 1 N–H and O–H groups in total. The topological polar surface area (TPSA) is 32.3 Å². The smallest absolute Gasteiger partial charge is 0.276 e. The summed E-state index contributed by atoms with van der Waals surface area (Å²) >= 11 is 0. The molecule has 0 saturated carbocycles. The van der Waals surface area contributed by atoms with Crippen LogP contribution in [0.25, 0.3) is 0 Å². The van der Waals surface area contributed by atoms with Crippen molar-refractivity contribution in [3.63, 3.8) is 0 Å². The second-order valence-corrected chi connectivity index (χ2v) is 5.11. The number of hydrogen-bond acceptors (Lipinski definition) is 2. The molecule has 1 amide bonds. The van der Waals surface area contributed by atoms with Crippen LogP contribution >= 0.6 is 0 Å². The molecule has 0 aliphatic heterocycles. The maximum absolute atomic E-state index is 13.6. The Morgan fingerprint density at radius 3 is 2.12 bits per heavy atom. The number of halogens is 2. The lowest BCUT2D eigenvalue weighted by Gasteiger charge is -2.24. The number of benzene rings is 3. The summed E-state index contributed by atoms with van der Waals surface area (Å²) < 4.78 is 27.0. The molecule has 0 aromatic heterocycles. The van der Waals surface area contributed by atoms with E-state index in [1.54, 1.807) is 42.5 Å². The number of hydrogen-bond donors (Lipinski definition) is 1. The Morgan fingerprint density at radius 1 is 0.792 bits per heavy atom. The van der Waals surface area contributed by atoms with E-state index in [1.165, 1.54) is 41.4 Å². The van der Waals surface area contributed by atoms with Gasteiger partial charge in [0.25, 0.3) is 5.91 Å². The standard InChI is InChI=1S/C19H14F2N2O/c20-15-8-4-10-17(12-15)22-23(18-11-5-9-16(21)13-18)19(24)14-6-2-1-3-7-14/h1-13,22H. The van der Waals surface area contributed by atoms with Crippen LogP contribution in [-0.4, -0.2) is 5.91 Å². The summed E-state index contributed by atoms with van der Waals surface area (Å²) in [5.74, 6) is -1.30. The molecule has 3 aromatic carbocycles. The van der Waals surface area contributed by atoms with Crippen molar-refractivity contribution < 1.29 is 13.6 Å². The van der Waals surface area contributed by atoms with Crippen LogP contribution in [0.15, 0.2) is 78.9 Å². The minimum Gasteiger partial charge on any atom is -0.291 e. The third kappa shape index (κ3) is 3.57. The van der Waals surface area contributed by atoms with Crippen molar-refractivity contribution in [1.82, 2.24) is 0 Å². The van der Waals surface area contributed by atoms with Gasteiger partial charge in [-0.15, -0.1) is 0 Å². The van der Waals surface area contributed by atoms with Gasteiger partial charge in [-0.1, -0.05) is 30.3 Å². The maximum Gasteiger partial charge on any atom is 0.276 e. The summed E-state index contributed by atoms with van der Waals surface area (Å²) in [4.78, 5) is 12.8. The van der Waals surface area contributed by atoms with Crippen molar-refractivity contribution in [3.8, 4) is 0 Å². The fraction of sp³-hybridized carbons (Fsp3) is 0. The molecule has 120 valence electrons. The van der Waals surface area contributed by atoms with Crippen LogP contribution in [0.4, 0.5) is 20.2 Å². The van der Waals surface area contributed by atoms with E-state index in [9.17, 15) is 13.6 Å². The third-order valence-electron chi connectivity index (χ3n) is 3.36. The average molecular weight is 324 g/mol. The Hall–Kier alpha value is -3.21. The first kappa shape index (κ1) is 15.7. The Kier molecular flexibility index (Phi) is 4.52. The highest BCUT2D eigenvalue weighted by Crippen LogP contribution is 2.21. The largest absolute Gasteiger partial charge is 0.291 e. The summed E-state index contributed by atoms with van der Waals surface area (Å²) in [6.07, 6.45) is 0. The first-order chi connectivity index (χ1) is 11.6. The fourth-order valence-corrected chi connectivity index (χ4v) is 2.24. The molecule has 3 rings (SSSR count). The molecular formula is C19H14F2N2O. The van der Waals surface area contributed by atoms with Crippen LogP contribution in [0, 0.1) is 11.6 Å². The van der Waals surface area contributed by atoms with E-state index in [2.05, 4.69) is 5.43 Å². The molecule has 0 atom stereocenters. The normalized spacial score (nSPS) is 10.2. The summed E-state index contributed by atoms with van der Waals surface area (Å²) in [7, 11) is 0. The Balaban J connectivity index is 1.99. The highest BCUT2D eigenvalue weighted by atomic mass is 19.1. The Labute approximate surface area is 138 Å². The minimum absolute atomic E-state index is 0.313. The van der Waals surface area contributed by atoms with Gasteiger partial charge in [-0.05, 0) is 48.5 Å². The van der Waals surface area contributed by atoms with Crippen molar-refractivity contribution >= 4 is 17.3 Å². The lowest BCUT2D eigenvalue weighted by molar-refractivity contribution is 0.0992. The quantitative estimate of drug-likeness (QED) is 0.709. The van der Waals surface area contributed by atoms with Gasteiger partial charge >= 0.3 is 0 Å². The molecule has 3 nitrogen and oxygen atoms in total. The second kappa shape index (κ2) is 6.91. The molecule has 0 heterocycles. The van der Waals surface area contributed by atoms with E-state index in [-0.39, 0.29) is 5.91 Å². The number of rotatable bonds is 4. The van der Waals surface area contributed by atoms with Gasteiger partial charge < -0.3 is 0 Å². The molecule has 0 unspecified atom stereocenters. The molecule has 0 aliphatic carbocycles. The van der Waals surface area contributed by atoms with Gasteiger partial charge in [0.05, 0.1) is 11.4 Å². The molecule has 3 aromatic rings. The SMILES string of the molecule is O=C(c1ccccc1)N(Nc1cccc(F)c1)c1cccc(F)c1. The Bertz CT molecular complexity index is 853. The first-order valence-electron chi connectivity index (χ1n) is 7.31. The summed E-state index contributed by atoms with van der Waals surface area (Å²) in [6, 6.07) is 19.9. The van der Waals surface area contributed by atoms with Crippen LogP contribution in [0.1, 0.15) is 10.4 Å². The molecule has 0 bridgehead atoms. The monoisotopic (exact) mass is 324 g/mol. The van der Waals surface area contributed by atoms with E-state index in [4.69, 9.17) is 0 Å².